The summed E-state index contributed by atoms with van der Waals surface area (Å²) in [5.74, 6) is 1.80. The summed E-state index contributed by atoms with van der Waals surface area (Å²) in [4.78, 5) is 8.64. The monoisotopic (exact) mass is 356 g/mol. The Bertz CT molecular complexity index is 935. The SMILES string of the molecule is Cc1nc(NCc2ccc(F)cc2F)cc(Nc2cc(C3CC3)[nH]n2)n1. The highest BCUT2D eigenvalue weighted by Gasteiger charge is 2.25. The molecule has 134 valence electrons. The van der Waals surface area contributed by atoms with Crippen LogP contribution < -0.4 is 10.6 Å². The number of benzene rings is 1. The van der Waals surface area contributed by atoms with Crippen molar-refractivity contribution in [2.24, 2.45) is 0 Å². The molecule has 2 aromatic heterocycles. The number of aromatic amines is 1. The molecule has 0 bridgehead atoms. The average Bonchev–Trinajstić information content (AvgIpc) is 3.34. The molecule has 0 radical (unpaired) electrons. The van der Waals surface area contributed by atoms with Crippen molar-refractivity contribution in [3.8, 4) is 0 Å². The first-order valence-electron chi connectivity index (χ1n) is 8.42. The second kappa shape index (κ2) is 6.70. The second-order valence-electron chi connectivity index (χ2n) is 6.38. The van der Waals surface area contributed by atoms with E-state index in [0.717, 1.165) is 11.8 Å². The van der Waals surface area contributed by atoms with Crippen molar-refractivity contribution in [2.45, 2.75) is 32.2 Å². The fraction of sp³-hybridized carbons (Fsp3) is 0.278. The number of anilines is 3. The molecule has 0 atom stereocenters. The van der Waals surface area contributed by atoms with Gasteiger partial charge in [0.1, 0.15) is 29.1 Å². The summed E-state index contributed by atoms with van der Waals surface area (Å²) in [6.07, 6.45) is 2.39. The molecule has 1 aliphatic carbocycles. The minimum Gasteiger partial charge on any atom is -0.366 e. The molecular formula is C18H18F2N6. The second-order valence-corrected chi connectivity index (χ2v) is 6.38. The number of H-pyrrole nitrogens is 1. The van der Waals surface area contributed by atoms with Crippen molar-refractivity contribution in [1.29, 1.82) is 0 Å². The molecule has 1 aromatic carbocycles. The van der Waals surface area contributed by atoms with E-state index in [1.807, 2.05) is 6.07 Å². The van der Waals surface area contributed by atoms with Crippen LogP contribution in [0.5, 0.6) is 0 Å². The van der Waals surface area contributed by atoms with Gasteiger partial charge in [-0.3, -0.25) is 5.10 Å². The van der Waals surface area contributed by atoms with Crippen LogP contribution in [0.1, 0.15) is 35.8 Å². The van der Waals surface area contributed by atoms with Crippen molar-refractivity contribution in [1.82, 2.24) is 20.2 Å². The van der Waals surface area contributed by atoms with E-state index >= 15 is 0 Å². The van der Waals surface area contributed by atoms with Crippen molar-refractivity contribution < 1.29 is 8.78 Å². The fourth-order valence-electron chi connectivity index (χ4n) is 2.71. The predicted octanol–water partition coefficient (Wildman–Crippen LogP) is 4.02. The topological polar surface area (TPSA) is 78.5 Å². The molecule has 4 rings (SSSR count). The van der Waals surface area contributed by atoms with E-state index < -0.39 is 11.6 Å². The first kappa shape index (κ1) is 16.4. The highest BCUT2D eigenvalue weighted by atomic mass is 19.1. The summed E-state index contributed by atoms with van der Waals surface area (Å²) in [5, 5.41) is 13.5. The first-order valence-corrected chi connectivity index (χ1v) is 8.42. The Balaban J connectivity index is 1.46. The molecule has 0 amide bonds. The third-order valence-electron chi connectivity index (χ3n) is 4.18. The van der Waals surface area contributed by atoms with Crippen LogP contribution in [0.15, 0.2) is 30.3 Å². The lowest BCUT2D eigenvalue weighted by Crippen LogP contribution is -2.06. The van der Waals surface area contributed by atoms with Crippen LogP contribution in [0.3, 0.4) is 0 Å². The molecule has 0 saturated heterocycles. The number of aryl methyl sites for hydroxylation is 1. The van der Waals surface area contributed by atoms with Gasteiger partial charge in [0, 0.05) is 41.9 Å². The van der Waals surface area contributed by atoms with E-state index in [1.165, 1.54) is 25.0 Å². The highest BCUT2D eigenvalue weighted by molar-refractivity contribution is 5.56. The maximum atomic E-state index is 13.7. The average molecular weight is 356 g/mol. The van der Waals surface area contributed by atoms with Gasteiger partial charge in [0.25, 0.3) is 0 Å². The summed E-state index contributed by atoms with van der Waals surface area (Å²) in [7, 11) is 0. The van der Waals surface area contributed by atoms with Crippen molar-refractivity contribution in [3.05, 3.63) is 59.0 Å². The lowest BCUT2D eigenvalue weighted by Gasteiger charge is -2.09. The van der Waals surface area contributed by atoms with Crippen molar-refractivity contribution in [3.63, 3.8) is 0 Å². The molecule has 26 heavy (non-hydrogen) atoms. The number of nitrogens with one attached hydrogen (secondary N) is 3. The lowest BCUT2D eigenvalue weighted by molar-refractivity contribution is 0.574. The smallest absolute Gasteiger partial charge is 0.153 e. The van der Waals surface area contributed by atoms with E-state index in [4.69, 9.17) is 0 Å². The standard InChI is InChI=1S/C18H18F2N6/c1-10-22-16(21-9-12-4-5-13(19)6-14(12)20)8-17(23-10)24-18-7-15(25-26-18)11-2-3-11/h4-8,11H,2-3,9H2,1H3,(H3,21,22,23,24,25,26). The van der Waals surface area contributed by atoms with Crippen LogP contribution in [0.2, 0.25) is 0 Å². The minimum atomic E-state index is -0.597. The van der Waals surface area contributed by atoms with Crippen molar-refractivity contribution >= 4 is 17.5 Å². The van der Waals surface area contributed by atoms with Gasteiger partial charge in [-0.25, -0.2) is 18.7 Å². The summed E-state index contributed by atoms with van der Waals surface area (Å²) in [6, 6.07) is 7.21. The van der Waals surface area contributed by atoms with Crippen LogP contribution in [0, 0.1) is 18.6 Å². The summed E-state index contributed by atoms with van der Waals surface area (Å²) < 4.78 is 26.7. The molecule has 0 unspecified atom stereocenters. The number of hydrogen-bond acceptors (Lipinski definition) is 5. The van der Waals surface area contributed by atoms with E-state index in [9.17, 15) is 8.78 Å². The lowest BCUT2D eigenvalue weighted by atomic mass is 10.2. The molecule has 6 nitrogen and oxygen atoms in total. The van der Waals surface area contributed by atoms with E-state index in [-0.39, 0.29) is 6.54 Å². The Hall–Kier alpha value is -3.03. The highest BCUT2D eigenvalue weighted by Crippen LogP contribution is 2.39. The Kier molecular flexibility index (Phi) is 4.24. The van der Waals surface area contributed by atoms with E-state index in [1.54, 1.807) is 13.0 Å². The van der Waals surface area contributed by atoms with Crippen LogP contribution >= 0.6 is 0 Å². The van der Waals surface area contributed by atoms with Gasteiger partial charge < -0.3 is 10.6 Å². The van der Waals surface area contributed by atoms with Crippen LogP contribution in [-0.2, 0) is 6.54 Å². The molecule has 3 aromatic rings. The Morgan fingerprint density at radius 1 is 1.08 bits per heavy atom. The van der Waals surface area contributed by atoms with Crippen LogP contribution in [-0.4, -0.2) is 20.2 Å². The maximum Gasteiger partial charge on any atom is 0.153 e. The molecule has 1 aliphatic rings. The minimum absolute atomic E-state index is 0.191. The Labute approximate surface area is 149 Å². The van der Waals surface area contributed by atoms with Crippen LogP contribution in [0.25, 0.3) is 0 Å². The summed E-state index contributed by atoms with van der Waals surface area (Å²) in [5.41, 5.74) is 1.49. The first-order chi connectivity index (χ1) is 12.6. The van der Waals surface area contributed by atoms with Gasteiger partial charge in [0.15, 0.2) is 5.82 Å². The predicted molar refractivity (Wildman–Crippen MR) is 94.3 cm³/mol. The number of nitrogens with zero attached hydrogens (tertiary/aromatic N) is 3. The van der Waals surface area contributed by atoms with Gasteiger partial charge >= 0.3 is 0 Å². The fourth-order valence-corrected chi connectivity index (χ4v) is 2.71. The van der Waals surface area contributed by atoms with Gasteiger partial charge in [-0.2, -0.15) is 5.10 Å². The number of halogens is 2. The van der Waals surface area contributed by atoms with Gasteiger partial charge in [-0.05, 0) is 25.8 Å². The molecule has 3 N–H and O–H groups in total. The third-order valence-corrected chi connectivity index (χ3v) is 4.18. The van der Waals surface area contributed by atoms with E-state index in [0.29, 0.717) is 34.8 Å². The summed E-state index contributed by atoms with van der Waals surface area (Å²) >= 11 is 0. The zero-order valence-electron chi connectivity index (χ0n) is 14.2. The molecule has 8 heteroatoms. The molecule has 1 fully saturated rings. The summed E-state index contributed by atoms with van der Waals surface area (Å²) in [6.45, 7) is 1.96. The van der Waals surface area contributed by atoms with E-state index in [2.05, 4.69) is 30.8 Å². The molecule has 1 saturated carbocycles. The third kappa shape index (κ3) is 3.79. The van der Waals surface area contributed by atoms with Gasteiger partial charge in [-0.1, -0.05) is 6.07 Å². The molecule has 0 spiro atoms. The normalized spacial score (nSPS) is 13.7. The van der Waals surface area contributed by atoms with Gasteiger partial charge in [0.2, 0.25) is 0 Å². The molecule has 0 aliphatic heterocycles. The Morgan fingerprint density at radius 3 is 2.65 bits per heavy atom. The number of aromatic nitrogens is 4. The maximum absolute atomic E-state index is 13.7. The zero-order valence-corrected chi connectivity index (χ0v) is 14.2. The number of rotatable bonds is 6. The van der Waals surface area contributed by atoms with Crippen molar-refractivity contribution in [2.75, 3.05) is 10.6 Å². The number of hydrogen-bond donors (Lipinski definition) is 3. The molecular weight excluding hydrogens is 338 g/mol. The van der Waals surface area contributed by atoms with Gasteiger partial charge in [0.05, 0.1) is 0 Å². The largest absolute Gasteiger partial charge is 0.366 e. The van der Waals surface area contributed by atoms with Gasteiger partial charge in [-0.15, -0.1) is 0 Å². The quantitative estimate of drug-likeness (QED) is 0.622. The Morgan fingerprint density at radius 2 is 1.88 bits per heavy atom. The molecule has 2 heterocycles. The van der Waals surface area contributed by atoms with Crippen LogP contribution in [0.4, 0.5) is 26.2 Å². The zero-order chi connectivity index (χ0) is 18.1.